The number of benzene rings is 2. The molecule has 0 fully saturated rings. The Bertz CT molecular complexity index is 635. The fourth-order valence-corrected chi connectivity index (χ4v) is 2.58. The van der Waals surface area contributed by atoms with Crippen molar-refractivity contribution in [3.63, 3.8) is 0 Å². The molecule has 0 aliphatic heterocycles. The van der Waals surface area contributed by atoms with E-state index in [2.05, 4.69) is 0 Å². The summed E-state index contributed by atoms with van der Waals surface area (Å²) in [6, 6.07) is 13.3. The molecule has 0 radical (unpaired) electrons. The highest BCUT2D eigenvalue weighted by Gasteiger charge is 2.22. The number of carboxylic acids is 1. The SMILES string of the molecule is Cc1ccc(C)c(C(Cc2cccc(Cl)c2)C(=O)O)c1. The monoisotopic (exact) mass is 288 g/mol. The number of aliphatic carboxylic acids is 1. The summed E-state index contributed by atoms with van der Waals surface area (Å²) in [6.45, 7) is 3.92. The van der Waals surface area contributed by atoms with Crippen molar-refractivity contribution < 1.29 is 9.90 Å². The minimum atomic E-state index is -0.807. The zero-order valence-corrected chi connectivity index (χ0v) is 12.3. The van der Waals surface area contributed by atoms with Gasteiger partial charge in [0.05, 0.1) is 5.92 Å². The molecule has 2 rings (SSSR count). The Hall–Kier alpha value is -1.80. The topological polar surface area (TPSA) is 37.3 Å². The number of halogens is 1. The van der Waals surface area contributed by atoms with Crippen LogP contribution in [-0.2, 0) is 11.2 Å². The van der Waals surface area contributed by atoms with Gasteiger partial charge in [-0.3, -0.25) is 4.79 Å². The second-order valence-corrected chi connectivity index (χ2v) is 5.52. The predicted molar refractivity (Wildman–Crippen MR) is 81.4 cm³/mol. The molecule has 0 aliphatic rings. The standard InChI is InChI=1S/C17H17ClO2/c1-11-6-7-12(2)15(8-11)16(17(19)20)10-13-4-3-5-14(18)9-13/h3-9,16H,10H2,1-2H3,(H,19,20). The van der Waals surface area contributed by atoms with Crippen molar-refractivity contribution in [1.29, 1.82) is 0 Å². The summed E-state index contributed by atoms with van der Waals surface area (Å²) < 4.78 is 0. The fraction of sp³-hybridized carbons (Fsp3) is 0.235. The Morgan fingerprint density at radius 3 is 2.60 bits per heavy atom. The zero-order chi connectivity index (χ0) is 14.7. The molecular weight excluding hydrogens is 272 g/mol. The molecule has 0 aromatic heterocycles. The third-order valence-electron chi connectivity index (χ3n) is 3.44. The lowest BCUT2D eigenvalue weighted by molar-refractivity contribution is -0.138. The molecule has 3 heteroatoms. The van der Waals surface area contributed by atoms with E-state index in [1.807, 2.05) is 50.2 Å². The van der Waals surface area contributed by atoms with Crippen LogP contribution in [-0.4, -0.2) is 11.1 Å². The first kappa shape index (κ1) is 14.6. The summed E-state index contributed by atoms with van der Waals surface area (Å²) in [5.41, 5.74) is 3.89. The summed E-state index contributed by atoms with van der Waals surface area (Å²) in [4.78, 5) is 11.6. The molecule has 0 bridgehead atoms. The highest BCUT2D eigenvalue weighted by molar-refractivity contribution is 6.30. The van der Waals surface area contributed by atoms with Crippen LogP contribution < -0.4 is 0 Å². The summed E-state index contributed by atoms with van der Waals surface area (Å²) in [5, 5.41) is 10.2. The fourth-order valence-electron chi connectivity index (χ4n) is 2.37. The van der Waals surface area contributed by atoms with Crippen LogP contribution in [0.3, 0.4) is 0 Å². The highest BCUT2D eigenvalue weighted by atomic mass is 35.5. The predicted octanol–water partition coefficient (Wildman–Crippen LogP) is 4.37. The molecule has 2 aromatic carbocycles. The third kappa shape index (κ3) is 3.40. The van der Waals surface area contributed by atoms with Gasteiger partial charge in [0.15, 0.2) is 0 Å². The van der Waals surface area contributed by atoms with Gasteiger partial charge in [0.1, 0.15) is 0 Å². The normalized spacial score (nSPS) is 12.2. The van der Waals surface area contributed by atoms with Crippen molar-refractivity contribution in [3.8, 4) is 0 Å². The second-order valence-electron chi connectivity index (χ2n) is 5.08. The number of hydrogen-bond donors (Lipinski definition) is 1. The van der Waals surface area contributed by atoms with E-state index in [4.69, 9.17) is 11.6 Å². The molecule has 0 aliphatic carbocycles. The zero-order valence-electron chi connectivity index (χ0n) is 11.6. The molecule has 20 heavy (non-hydrogen) atoms. The van der Waals surface area contributed by atoms with Crippen molar-refractivity contribution in [1.82, 2.24) is 0 Å². The molecule has 0 heterocycles. The maximum absolute atomic E-state index is 11.6. The van der Waals surface area contributed by atoms with Crippen LogP contribution in [0.2, 0.25) is 5.02 Å². The first-order chi connectivity index (χ1) is 9.47. The van der Waals surface area contributed by atoms with Gasteiger partial charge in [-0.2, -0.15) is 0 Å². The number of aryl methyl sites for hydroxylation is 2. The van der Waals surface area contributed by atoms with E-state index in [1.54, 1.807) is 6.07 Å². The molecule has 0 amide bonds. The van der Waals surface area contributed by atoms with E-state index in [0.717, 1.165) is 22.3 Å². The second kappa shape index (κ2) is 6.10. The van der Waals surface area contributed by atoms with Crippen LogP contribution >= 0.6 is 11.6 Å². The van der Waals surface area contributed by atoms with Crippen LogP contribution in [0, 0.1) is 13.8 Å². The molecule has 1 atom stereocenters. The summed E-state index contributed by atoms with van der Waals surface area (Å²) in [6.07, 6.45) is 0.445. The Morgan fingerprint density at radius 2 is 1.95 bits per heavy atom. The number of carbonyl (C=O) groups is 1. The van der Waals surface area contributed by atoms with Crippen LogP contribution in [0.25, 0.3) is 0 Å². The first-order valence-electron chi connectivity index (χ1n) is 6.52. The largest absolute Gasteiger partial charge is 0.481 e. The quantitative estimate of drug-likeness (QED) is 0.907. The van der Waals surface area contributed by atoms with Crippen molar-refractivity contribution in [2.24, 2.45) is 0 Å². The van der Waals surface area contributed by atoms with Crippen LogP contribution in [0.15, 0.2) is 42.5 Å². The minimum Gasteiger partial charge on any atom is -0.481 e. The lowest BCUT2D eigenvalue weighted by Crippen LogP contribution is -2.16. The lowest BCUT2D eigenvalue weighted by atomic mass is 9.88. The average molecular weight is 289 g/mol. The van der Waals surface area contributed by atoms with E-state index in [-0.39, 0.29) is 0 Å². The van der Waals surface area contributed by atoms with E-state index < -0.39 is 11.9 Å². The van der Waals surface area contributed by atoms with E-state index in [1.165, 1.54) is 0 Å². The Morgan fingerprint density at radius 1 is 1.20 bits per heavy atom. The van der Waals surface area contributed by atoms with Crippen LogP contribution in [0.1, 0.15) is 28.2 Å². The highest BCUT2D eigenvalue weighted by Crippen LogP contribution is 2.26. The van der Waals surface area contributed by atoms with Gasteiger partial charge in [0.2, 0.25) is 0 Å². The molecule has 1 unspecified atom stereocenters. The van der Waals surface area contributed by atoms with E-state index >= 15 is 0 Å². The third-order valence-corrected chi connectivity index (χ3v) is 3.67. The number of carboxylic acid groups (broad SMARTS) is 1. The Labute approximate surface area is 124 Å². The molecule has 0 saturated heterocycles. The van der Waals surface area contributed by atoms with Crippen molar-refractivity contribution in [2.75, 3.05) is 0 Å². The van der Waals surface area contributed by atoms with Crippen molar-refractivity contribution in [2.45, 2.75) is 26.2 Å². The summed E-state index contributed by atoms with van der Waals surface area (Å²) in [5.74, 6) is -1.35. The van der Waals surface area contributed by atoms with Gasteiger partial charge < -0.3 is 5.11 Å². The molecular formula is C17H17ClO2. The van der Waals surface area contributed by atoms with Gasteiger partial charge in [-0.05, 0) is 49.1 Å². The minimum absolute atomic E-state index is 0.445. The van der Waals surface area contributed by atoms with Crippen molar-refractivity contribution in [3.05, 3.63) is 69.7 Å². The summed E-state index contributed by atoms with van der Waals surface area (Å²) >= 11 is 5.96. The van der Waals surface area contributed by atoms with E-state index in [0.29, 0.717) is 11.4 Å². The van der Waals surface area contributed by atoms with Gasteiger partial charge in [-0.15, -0.1) is 0 Å². The Balaban J connectivity index is 2.37. The number of rotatable bonds is 4. The molecule has 0 saturated carbocycles. The van der Waals surface area contributed by atoms with E-state index in [9.17, 15) is 9.90 Å². The van der Waals surface area contributed by atoms with Gasteiger partial charge in [-0.1, -0.05) is 47.5 Å². The maximum Gasteiger partial charge on any atom is 0.311 e. The molecule has 1 N–H and O–H groups in total. The lowest BCUT2D eigenvalue weighted by Gasteiger charge is -2.16. The molecule has 104 valence electrons. The van der Waals surface area contributed by atoms with Gasteiger partial charge in [0, 0.05) is 5.02 Å². The Kier molecular flexibility index (Phi) is 4.46. The number of hydrogen-bond acceptors (Lipinski definition) is 1. The van der Waals surface area contributed by atoms with Crippen molar-refractivity contribution >= 4 is 17.6 Å². The molecule has 2 nitrogen and oxygen atoms in total. The summed E-state index contributed by atoms with van der Waals surface area (Å²) in [7, 11) is 0. The molecule has 2 aromatic rings. The first-order valence-corrected chi connectivity index (χ1v) is 6.89. The van der Waals surface area contributed by atoms with Gasteiger partial charge in [0.25, 0.3) is 0 Å². The van der Waals surface area contributed by atoms with Crippen LogP contribution in [0.4, 0.5) is 0 Å². The smallest absolute Gasteiger partial charge is 0.311 e. The van der Waals surface area contributed by atoms with Gasteiger partial charge >= 0.3 is 5.97 Å². The molecule has 0 spiro atoms. The average Bonchev–Trinajstić information content (AvgIpc) is 2.39. The van der Waals surface area contributed by atoms with Gasteiger partial charge in [-0.25, -0.2) is 0 Å². The van der Waals surface area contributed by atoms with Crippen LogP contribution in [0.5, 0.6) is 0 Å². The maximum atomic E-state index is 11.6.